The number of fused-ring (bicyclic) bond motifs is 3. The van der Waals surface area contributed by atoms with Crippen LogP contribution in [0.3, 0.4) is 0 Å². The molecule has 2 aromatic carbocycles. The summed E-state index contributed by atoms with van der Waals surface area (Å²) in [4.78, 5) is 0.944. The summed E-state index contributed by atoms with van der Waals surface area (Å²) in [6.07, 6.45) is 4.74. The first-order valence-electron chi connectivity index (χ1n) is 9.81. The number of rotatable bonds is 9. The highest BCUT2D eigenvalue weighted by molar-refractivity contribution is 7.92. The van der Waals surface area contributed by atoms with Crippen molar-refractivity contribution >= 4 is 44.4 Å². The van der Waals surface area contributed by atoms with Crippen LogP contribution in [0.1, 0.15) is 51.5 Å². The van der Waals surface area contributed by atoms with Gasteiger partial charge in [-0.2, -0.15) is 0 Å². The monoisotopic (exact) mass is 404 g/mol. The molecule has 0 aliphatic heterocycles. The molecule has 0 radical (unpaired) electrons. The maximum absolute atomic E-state index is 12.5. The van der Waals surface area contributed by atoms with Crippen LogP contribution < -0.4 is 0 Å². The Hall–Kier alpha value is -1.46. The molecule has 0 aliphatic rings. The molecule has 1 heterocycles. The highest BCUT2D eigenvalue weighted by Crippen LogP contribution is 2.35. The zero-order chi connectivity index (χ0) is 19.4. The molecule has 3 nitrogen and oxygen atoms in total. The van der Waals surface area contributed by atoms with Crippen molar-refractivity contribution in [3.63, 3.8) is 0 Å². The van der Waals surface area contributed by atoms with Crippen molar-refractivity contribution in [2.24, 2.45) is 0 Å². The van der Waals surface area contributed by atoms with Gasteiger partial charge in [-0.1, -0.05) is 44.5 Å². The summed E-state index contributed by atoms with van der Waals surface area (Å²) in [6.45, 7) is 4.00. The van der Waals surface area contributed by atoms with E-state index < -0.39 is 9.84 Å². The van der Waals surface area contributed by atoms with E-state index in [9.17, 15) is 8.42 Å². The number of unbranched alkanes of at least 4 members (excludes halogenated alkanes) is 1. The second-order valence-electron chi connectivity index (χ2n) is 7.19. The lowest BCUT2D eigenvalue weighted by Crippen LogP contribution is -2.23. The van der Waals surface area contributed by atoms with Crippen LogP contribution in [0.15, 0.2) is 45.7 Å². The molecule has 1 unspecified atom stereocenters. The van der Waals surface area contributed by atoms with Gasteiger partial charge in [0.25, 0.3) is 0 Å². The largest absolute Gasteiger partial charge is 0.456 e. The Morgan fingerprint density at radius 2 is 1.81 bits per heavy atom. The topological polar surface area (TPSA) is 47.3 Å². The van der Waals surface area contributed by atoms with E-state index in [2.05, 4.69) is 12.1 Å². The number of sulfone groups is 1. The van der Waals surface area contributed by atoms with Crippen LogP contribution in [-0.2, 0) is 16.3 Å². The number of hydrogen-bond donors (Lipinski definition) is 1. The van der Waals surface area contributed by atoms with Crippen LogP contribution in [0.2, 0.25) is 0 Å². The summed E-state index contributed by atoms with van der Waals surface area (Å²) in [6, 6.07) is 12.0. The highest BCUT2D eigenvalue weighted by Gasteiger charge is 2.23. The SMILES string of the molecule is CCCCS(=O)(=O)C(CC)CCCc1ccc2oc3ccccc3c2c1S. The molecule has 0 N–H and O–H groups in total. The fourth-order valence-electron chi connectivity index (χ4n) is 3.71. The predicted octanol–water partition coefficient (Wildman–Crippen LogP) is 6.19. The smallest absolute Gasteiger partial charge is 0.153 e. The average molecular weight is 405 g/mol. The van der Waals surface area contributed by atoms with Gasteiger partial charge in [-0.15, -0.1) is 12.6 Å². The number of benzene rings is 2. The molecule has 3 aromatic rings. The summed E-state index contributed by atoms with van der Waals surface area (Å²) in [5.41, 5.74) is 2.87. The van der Waals surface area contributed by atoms with Gasteiger partial charge < -0.3 is 4.42 Å². The van der Waals surface area contributed by atoms with Crippen molar-refractivity contribution in [1.82, 2.24) is 0 Å². The molecule has 1 atom stereocenters. The van der Waals surface area contributed by atoms with Gasteiger partial charge in [0.1, 0.15) is 11.2 Å². The number of para-hydroxylation sites is 1. The van der Waals surface area contributed by atoms with Crippen molar-refractivity contribution in [1.29, 1.82) is 0 Å². The maximum Gasteiger partial charge on any atom is 0.153 e. The van der Waals surface area contributed by atoms with Crippen molar-refractivity contribution in [2.75, 3.05) is 5.75 Å². The Balaban J connectivity index is 1.75. The second kappa shape index (κ2) is 8.70. The fraction of sp³-hybridized carbons (Fsp3) is 0.455. The van der Waals surface area contributed by atoms with Crippen molar-refractivity contribution in [3.05, 3.63) is 42.0 Å². The van der Waals surface area contributed by atoms with Crippen molar-refractivity contribution in [2.45, 2.75) is 62.5 Å². The normalized spacial score (nSPS) is 13.4. The van der Waals surface area contributed by atoms with Crippen LogP contribution in [0.25, 0.3) is 21.9 Å². The van der Waals surface area contributed by atoms with E-state index in [0.29, 0.717) is 18.6 Å². The van der Waals surface area contributed by atoms with E-state index in [0.717, 1.165) is 58.1 Å². The molecule has 0 fully saturated rings. The van der Waals surface area contributed by atoms with E-state index in [-0.39, 0.29) is 5.25 Å². The lowest BCUT2D eigenvalue weighted by molar-refractivity contribution is 0.556. The lowest BCUT2D eigenvalue weighted by atomic mass is 10.0. The van der Waals surface area contributed by atoms with E-state index in [1.54, 1.807) is 0 Å². The molecule has 0 saturated heterocycles. The molecular weight excluding hydrogens is 376 g/mol. The average Bonchev–Trinajstić information content (AvgIpc) is 3.04. The third-order valence-corrected chi connectivity index (χ3v) is 8.27. The van der Waals surface area contributed by atoms with Gasteiger partial charge in [-0.05, 0) is 49.8 Å². The zero-order valence-electron chi connectivity index (χ0n) is 16.1. The summed E-state index contributed by atoms with van der Waals surface area (Å²) >= 11 is 4.78. The number of furan rings is 1. The van der Waals surface area contributed by atoms with E-state index in [1.165, 1.54) is 0 Å². The molecule has 3 rings (SSSR count). The number of aryl methyl sites for hydroxylation is 1. The van der Waals surface area contributed by atoms with Gasteiger partial charge in [0.05, 0.1) is 11.0 Å². The molecule has 0 bridgehead atoms. The van der Waals surface area contributed by atoms with Gasteiger partial charge in [-0.25, -0.2) is 8.42 Å². The van der Waals surface area contributed by atoms with Gasteiger partial charge in [0.2, 0.25) is 0 Å². The summed E-state index contributed by atoms with van der Waals surface area (Å²) in [5, 5.41) is 1.90. The maximum atomic E-state index is 12.5. The summed E-state index contributed by atoms with van der Waals surface area (Å²) in [5.74, 6) is 0.312. The zero-order valence-corrected chi connectivity index (χ0v) is 17.8. The Kier molecular flexibility index (Phi) is 6.53. The van der Waals surface area contributed by atoms with E-state index in [4.69, 9.17) is 17.0 Å². The standard InChI is InChI=1S/C22H28O3S2/c1-3-5-15-27(23,24)17(4-2)10-8-9-16-13-14-20-21(22(16)26)18-11-6-7-12-19(18)25-20/h6-7,11-14,17,26H,3-5,8-10,15H2,1-2H3. The van der Waals surface area contributed by atoms with E-state index in [1.807, 2.05) is 38.1 Å². The molecule has 0 aliphatic carbocycles. The Bertz CT molecular complexity index is 1020. The summed E-state index contributed by atoms with van der Waals surface area (Å²) < 4.78 is 30.9. The van der Waals surface area contributed by atoms with E-state index >= 15 is 0 Å². The third kappa shape index (κ3) is 4.35. The lowest BCUT2D eigenvalue weighted by Gasteiger charge is -2.16. The van der Waals surface area contributed by atoms with Gasteiger partial charge in [0, 0.05) is 15.7 Å². The first-order chi connectivity index (χ1) is 13.0. The molecule has 0 spiro atoms. The second-order valence-corrected chi connectivity index (χ2v) is 10.0. The molecule has 146 valence electrons. The molecule has 0 saturated carbocycles. The molecule has 27 heavy (non-hydrogen) atoms. The Morgan fingerprint density at radius 1 is 1.04 bits per heavy atom. The van der Waals surface area contributed by atoms with Gasteiger partial charge in [-0.3, -0.25) is 0 Å². The first kappa shape index (κ1) is 20.3. The van der Waals surface area contributed by atoms with Crippen LogP contribution in [-0.4, -0.2) is 19.4 Å². The van der Waals surface area contributed by atoms with Crippen LogP contribution in [0, 0.1) is 0 Å². The fourth-order valence-corrected chi connectivity index (χ4v) is 6.19. The molecule has 0 amide bonds. The first-order valence-corrected chi connectivity index (χ1v) is 12.0. The van der Waals surface area contributed by atoms with Gasteiger partial charge >= 0.3 is 0 Å². The quantitative estimate of drug-likeness (QED) is 0.433. The minimum atomic E-state index is -2.99. The van der Waals surface area contributed by atoms with Crippen molar-refractivity contribution < 1.29 is 12.8 Å². The van der Waals surface area contributed by atoms with Gasteiger partial charge in [0.15, 0.2) is 9.84 Å². The Labute approximate surface area is 167 Å². The minimum absolute atomic E-state index is 0.231. The summed E-state index contributed by atoms with van der Waals surface area (Å²) in [7, 11) is -2.99. The molecular formula is C22H28O3S2. The predicted molar refractivity (Wildman–Crippen MR) is 117 cm³/mol. The minimum Gasteiger partial charge on any atom is -0.456 e. The molecule has 5 heteroatoms. The van der Waals surface area contributed by atoms with Crippen LogP contribution >= 0.6 is 12.6 Å². The highest BCUT2D eigenvalue weighted by atomic mass is 32.2. The number of thiol groups is 1. The van der Waals surface area contributed by atoms with Crippen molar-refractivity contribution in [3.8, 4) is 0 Å². The molecule has 1 aromatic heterocycles. The third-order valence-electron chi connectivity index (χ3n) is 5.32. The van der Waals surface area contributed by atoms with Crippen LogP contribution in [0.4, 0.5) is 0 Å². The number of hydrogen-bond acceptors (Lipinski definition) is 4. The Morgan fingerprint density at radius 3 is 2.56 bits per heavy atom. The van der Waals surface area contributed by atoms with Crippen LogP contribution in [0.5, 0.6) is 0 Å².